The van der Waals surface area contributed by atoms with Crippen LogP contribution in [0.2, 0.25) is 0 Å². The molecule has 0 spiro atoms. The summed E-state index contributed by atoms with van der Waals surface area (Å²) in [6.07, 6.45) is 0. The normalized spacial score (nSPS) is 11.7. The van der Waals surface area contributed by atoms with Crippen molar-refractivity contribution in [2.45, 2.75) is 0 Å². The summed E-state index contributed by atoms with van der Waals surface area (Å²) in [6, 6.07) is 63.1. The van der Waals surface area contributed by atoms with Gasteiger partial charge in [0.15, 0.2) is 5.58 Å². The lowest BCUT2D eigenvalue weighted by atomic mass is 10.0. The highest BCUT2D eigenvalue weighted by Crippen LogP contribution is 2.49. The van der Waals surface area contributed by atoms with Crippen LogP contribution >= 0.6 is 11.3 Å². The Bertz CT molecular complexity index is 2830. The minimum absolute atomic E-state index is 0.880. The third-order valence-corrected chi connectivity index (χ3v) is 10.9. The van der Waals surface area contributed by atoms with Crippen molar-refractivity contribution in [3.63, 3.8) is 0 Å². The number of hydrogen-bond acceptors (Lipinski definition) is 3. The average molecular weight is 644 g/mol. The van der Waals surface area contributed by atoms with Gasteiger partial charge in [-0.2, -0.15) is 0 Å². The Morgan fingerprint density at radius 1 is 0.408 bits per heavy atom. The fourth-order valence-corrected chi connectivity index (χ4v) is 8.65. The molecule has 0 aliphatic heterocycles. The standard InChI is InChI=1S/C46H29NOS/c1-2-12-32(13-3-1)36-16-8-18-39-40-19-10-21-42(46(40)49-45(36)39)47(41-20-9-17-38-37-15-6-7-22-43(37)48-44(38)41)35-27-25-31(26-28-35)34-24-23-30-11-4-5-14-33(30)29-34/h1-29H. The number of furan rings is 1. The van der Waals surface area contributed by atoms with Crippen molar-refractivity contribution in [3.05, 3.63) is 176 Å². The second-order valence-electron chi connectivity index (χ2n) is 12.5. The molecule has 0 aliphatic rings. The molecule has 0 atom stereocenters. The summed E-state index contributed by atoms with van der Waals surface area (Å²) in [7, 11) is 0. The Kier molecular flexibility index (Phi) is 6.39. The van der Waals surface area contributed by atoms with E-state index in [9.17, 15) is 0 Å². The van der Waals surface area contributed by atoms with Gasteiger partial charge in [-0.3, -0.25) is 0 Å². The maximum atomic E-state index is 6.65. The zero-order valence-electron chi connectivity index (χ0n) is 26.5. The Balaban J connectivity index is 1.20. The highest BCUT2D eigenvalue weighted by molar-refractivity contribution is 7.27. The number of hydrogen-bond donors (Lipinski definition) is 0. The van der Waals surface area contributed by atoms with Crippen molar-refractivity contribution in [1.29, 1.82) is 0 Å². The summed E-state index contributed by atoms with van der Waals surface area (Å²) >= 11 is 1.87. The zero-order chi connectivity index (χ0) is 32.3. The highest BCUT2D eigenvalue weighted by Gasteiger charge is 2.23. The lowest BCUT2D eigenvalue weighted by molar-refractivity contribution is 0.669. The van der Waals surface area contributed by atoms with Crippen molar-refractivity contribution in [2.24, 2.45) is 0 Å². The highest BCUT2D eigenvalue weighted by atomic mass is 32.1. The minimum Gasteiger partial charge on any atom is -0.454 e. The number of nitrogens with zero attached hydrogens (tertiary/aromatic N) is 1. The molecular formula is C46H29NOS. The molecule has 0 fully saturated rings. The average Bonchev–Trinajstić information content (AvgIpc) is 3.75. The van der Waals surface area contributed by atoms with Gasteiger partial charge in [-0.25, -0.2) is 0 Å². The molecule has 2 heterocycles. The molecule has 49 heavy (non-hydrogen) atoms. The van der Waals surface area contributed by atoms with Gasteiger partial charge in [-0.15, -0.1) is 11.3 Å². The second-order valence-corrected chi connectivity index (χ2v) is 13.5. The number of fused-ring (bicyclic) bond motifs is 7. The number of para-hydroxylation sites is 2. The van der Waals surface area contributed by atoms with Crippen LogP contribution in [0.25, 0.3) is 75.1 Å². The predicted molar refractivity (Wildman–Crippen MR) is 210 cm³/mol. The molecule has 0 amide bonds. The first-order chi connectivity index (χ1) is 24.3. The maximum Gasteiger partial charge on any atom is 0.159 e. The van der Waals surface area contributed by atoms with Gasteiger partial charge in [0.1, 0.15) is 5.58 Å². The summed E-state index contributed by atoms with van der Waals surface area (Å²) in [5.74, 6) is 0. The van der Waals surface area contributed by atoms with Crippen LogP contribution in [-0.4, -0.2) is 0 Å². The van der Waals surface area contributed by atoms with E-state index < -0.39 is 0 Å². The summed E-state index contributed by atoms with van der Waals surface area (Å²) in [5.41, 5.74) is 9.87. The largest absolute Gasteiger partial charge is 0.454 e. The van der Waals surface area contributed by atoms with Gasteiger partial charge in [0, 0.05) is 31.9 Å². The number of benzene rings is 8. The summed E-state index contributed by atoms with van der Waals surface area (Å²) in [4.78, 5) is 2.38. The van der Waals surface area contributed by atoms with Gasteiger partial charge < -0.3 is 9.32 Å². The summed E-state index contributed by atoms with van der Waals surface area (Å²) in [6.45, 7) is 0. The monoisotopic (exact) mass is 643 g/mol. The number of thiophene rings is 1. The molecule has 230 valence electrons. The zero-order valence-corrected chi connectivity index (χ0v) is 27.3. The maximum absolute atomic E-state index is 6.65. The molecule has 3 heteroatoms. The van der Waals surface area contributed by atoms with Gasteiger partial charge in [-0.05, 0) is 69.4 Å². The fourth-order valence-electron chi connectivity index (χ4n) is 7.31. The molecule has 0 radical (unpaired) electrons. The Hall–Kier alpha value is -6.16. The van der Waals surface area contributed by atoms with E-state index in [-0.39, 0.29) is 0 Å². The van der Waals surface area contributed by atoms with Crippen molar-refractivity contribution in [3.8, 4) is 22.3 Å². The van der Waals surface area contributed by atoms with Crippen LogP contribution in [0.4, 0.5) is 17.1 Å². The Labute approximate surface area is 287 Å². The van der Waals surface area contributed by atoms with Gasteiger partial charge in [-0.1, -0.05) is 140 Å². The molecule has 2 aromatic heterocycles. The third kappa shape index (κ3) is 4.55. The number of anilines is 3. The van der Waals surface area contributed by atoms with E-state index in [2.05, 4.69) is 175 Å². The van der Waals surface area contributed by atoms with Crippen LogP contribution in [0.1, 0.15) is 0 Å². The van der Waals surface area contributed by atoms with E-state index >= 15 is 0 Å². The molecule has 0 bridgehead atoms. The van der Waals surface area contributed by atoms with Crippen LogP contribution in [-0.2, 0) is 0 Å². The molecule has 0 N–H and O–H groups in total. The first-order valence-corrected chi connectivity index (χ1v) is 17.4. The first kappa shape index (κ1) is 27.9. The molecule has 0 aliphatic carbocycles. The van der Waals surface area contributed by atoms with Gasteiger partial charge in [0.25, 0.3) is 0 Å². The lowest BCUT2D eigenvalue weighted by Gasteiger charge is -2.26. The molecule has 2 nitrogen and oxygen atoms in total. The van der Waals surface area contributed by atoms with Crippen molar-refractivity contribution in [1.82, 2.24) is 0 Å². The SMILES string of the molecule is c1ccc(-c2cccc3c2sc2c(N(c4ccc(-c5ccc6ccccc6c5)cc4)c4cccc5c4oc4ccccc45)cccc23)cc1. The Morgan fingerprint density at radius 2 is 1.06 bits per heavy atom. The van der Waals surface area contributed by atoms with Crippen molar-refractivity contribution >= 4 is 81.3 Å². The minimum atomic E-state index is 0.880. The molecule has 0 unspecified atom stereocenters. The van der Waals surface area contributed by atoms with Crippen LogP contribution < -0.4 is 4.90 Å². The van der Waals surface area contributed by atoms with Gasteiger partial charge >= 0.3 is 0 Å². The predicted octanol–water partition coefficient (Wildman–Crippen LogP) is 13.9. The smallest absolute Gasteiger partial charge is 0.159 e. The van der Waals surface area contributed by atoms with Crippen molar-refractivity contribution in [2.75, 3.05) is 4.90 Å². The van der Waals surface area contributed by atoms with Crippen LogP contribution in [0.5, 0.6) is 0 Å². The second kappa shape index (κ2) is 11.2. The van der Waals surface area contributed by atoms with E-state index in [1.807, 2.05) is 17.4 Å². The quantitative estimate of drug-likeness (QED) is 0.186. The van der Waals surface area contributed by atoms with Crippen LogP contribution in [0, 0.1) is 0 Å². The fraction of sp³-hybridized carbons (Fsp3) is 0. The molecule has 10 aromatic rings. The van der Waals surface area contributed by atoms with E-state index in [4.69, 9.17) is 4.42 Å². The number of rotatable bonds is 5. The molecule has 0 saturated carbocycles. The van der Waals surface area contributed by atoms with Crippen LogP contribution in [0.3, 0.4) is 0 Å². The van der Waals surface area contributed by atoms with E-state index in [0.29, 0.717) is 0 Å². The third-order valence-electron chi connectivity index (χ3n) is 9.66. The molecular weight excluding hydrogens is 615 g/mol. The van der Waals surface area contributed by atoms with Gasteiger partial charge in [0.2, 0.25) is 0 Å². The van der Waals surface area contributed by atoms with Crippen molar-refractivity contribution < 1.29 is 4.42 Å². The van der Waals surface area contributed by atoms with E-state index in [1.165, 1.54) is 53.2 Å². The Morgan fingerprint density at radius 3 is 1.92 bits per heavy atom. The summed E-state index contributed by atoms with van der Waals surface area (Å²) < 4.78 is 9.19. The summed E-state index contributed by atoms with van der Waals surface area (Å²) in [5, 5.41) is 7.26. The van der Waals surface area contributed by atoms with Gasteiger partial charge in [0.05, 0.1) is 16.1 Å². The van der Waals surface area contributed by atoms with Crippen LogP contribution in [0.15, 0.2) is 180 Å². The molecule has 0 saturated heterocycles. The topological polar surface area (TPSA) is 16.4 Å². The first-order valence-electron chi connectivity index (χ1n) is 16.6. The molecule has 10 rings (SSSR count). The molecule has 8 aromatic carbocycles. The lowest BCUT2D eigenvalue weighted by Crippen LogP contribution is -2.10. The van der Waals surface area contributed by atoms with E-state index in [0.717, 1.165) is 39.0 Å². The van der Waals surface area contributed by atoms with E-state index in [1.54, 1.807) is 0 Å².